The molecular formula is C20H21N3. The molecule has 1 fully saturated rings. The van der Waals surface area contributed by atoms with E-state index >= 15 is 0 Å². The number of hydrogen-bond donors (Lipinski definition) is 1. The lowest BCUT2D eigenvalue weighted by molar-refractivity contribution is 0.463. The standard InChI is InChI=1S/C20H21N3/c1-2-9-17(10-3-1)22-18-11-6-8-15(13-18)20-21-14-16-7-4-5-12-19(16)23-20/h4-8,11-14,17,22H,1-3,9-10H2. The number of fused-ring (bicyclic) bond motifs is 1. The molecule has 1 N–H and O–H groups in total. The van der Waals surface area contributed by atoms with E-state index in [0.717, 1.165) is 22.3 Å². The molecule has 1 aliphatic rings. The summed E-state index contributed by atoms with van der Waals surface area (Å²) >= 11 is 0. The lowest BCUT2D eigenvalue weighted by Crippen LogP contribution is -2.22. The van der Waals surface area contributed by atoms with Crippen LogP contribution in [0.4, 0.5) is 5.69 Å². The summed E-state index contributed by atoms with van der Waals surface area (Å²) < 4.78 is 0. The zero-order chi connectivity index (χ0) is 15.5. The number of rotatable bonds is 3. The Balaban J connectivity index is 1.61. The fraction of sp³-hybridized carbons (Fsp3) is 0.300. The third-order valence-electron chi connectivity index (χ3n) is 4.59. The molecule has 116 valence electrons. The summed E-state index contributed by atoms with van der Waals surface area (Å²) in [5.41, 5.74) is 3.23. The molecule has 23 heavy (non-hydrogen) atoms. The minimum Gasteiger partial charge on any atom is -0.382 e. The largest absolute Gasteiger partial charge is 0.382 e. The van der Waals surface area contributed by atoms with Gasteiger partial charge in [-0.3, -0.25) is 0 Å². The lowest BCUT2D eigenvalue weighted by atomic mass is 9.95. The van der Waals surface area contributed by atoms with Crippen molar-refractivity contribution in [3.05, 3.63) is 54.7 Å². The third-order valence-corrected chi connectivity index (χ3v) is 4.59. The summed E-state index contributed by atoms with van der Waals surface area (Å²) in [6.45, 7) is 0. The van der Waals surface area contributed by atoms with Crippen LogP contribution in [0.3, 0.4) is 0 Å². The molecule has 0 atom stereocenters. The van der Waals surface area contributed by atoms with Gasteiger partial charge in [0.15, 0.2) is 5.82 Å². The number of aromatic nitrogens is 2. The van der Waals surface area contributed by atoms with Gasteiger partial charge in [-0.05, 0) is 31.0 Å². The van der Waals surface area contributed by atoms with Crippen molar-refractivity contribution in [2.24, 2.45) is 0 Å². The minimum absolute atomic E-state index is 0.608. The second-order valence-corrected chi connectivity index (χ2v) is 6.31. The first kappa shape index (κ1) is 14.2. The van der Waals surface area contributed by atoms with Gasteiger partial charge in [0, 0.05) is 28.9 Å². The smallest absolute Gasteiger partial charge is 0.159 e. The van der Waals surface area contributed by atoms with Crippen molar-refractivity contribution >= 4 is 16.6 Å². The minimum atomic E-state index is 0.608. The van der Waals surface area contributed by atoms with Crippen LogP contribution in [0, 0.1) is 0 Å². The zero-order valence-corrected chi connectivity index (χ0v) is 13.2. The fourth-order valence-corrected chi connectivity index (χ4v) is 3.34. The fourth-order valence-electron chi connectivity index (χ4n) is 3.34. The number of benzene rings is 2. The van der Waals surface area contributed by atoms with Crippen LogP contribution in [-0.4, -0.2) is 16.0 Å². The van der Waals surface area contributed by atoms with Crippen molar-refractivity contribution in [1.29, 1.82) is 0 Å². The number of para-hydroxylation sites is 1. The number of hydrogen-bond acceptors (Lipinski definition) is 3. The van der Waals surface area contributed by atoms with Crippen LogP contribution in [0.1, 0.15) is 32.1 Å². The van der Waals surface area contributed by atoms with Crippen molar-refractivity contribution in [1.82, 2.24) is 9.97 Å². The zero-order valence-electron chi connectivity index (χ0n) is 13.2. The Morgan fingerprint density at radius 3 is 2.70 bits per heavy atom. The Hall–Kier alpha value is -2.42. The van der Waals surface area contributed by atoms with E-state index in [4.69, 9.17) is 4.98 Å². The summed E-state index contributed by atoms with van der Waals surface area (Å²) in [5, 5.41) is 4.75. The van der Waals surface area contributed by atoms with Crippen LogP contribution in [0.25, 0.3) is 22.3 Å². The molecule has 0 aliphatic heterocycles. The highest BCUT2D eigenvalue weighted by Crippen LogP contribution is 2.25. The summed E-state index contributed by atoms with van der Waals surface area (Å²) in [6.07, 6.45) is 8.51. The lowest BCUT2D eigenvalue weighted by Gasteiger charge is -2.24. The van der Waals surface area contributed by atoms with Crippen LogP contribution in [0.2, 0.25) is 0 Å². The Morgan fingerprint density at radius 2 is 1.78 bits per heavy atom. The first-order chi connectivity index (χ1) is 11.4. The average Bonchev–Trinajstić information content (AvgIpc) is 2.62. The molecule has 2 aromatic carbocycles. The van der Waals surface area contributed by atoms with E-state index in [1.165, 1.54) is 37.8 Å². The number of nitrogens with zero attached hydrogens (tertiary/aromatic N) is 2. The highest BCUT2D eigenvalue weighted by molar-refractivity contribution is 5.79. The Bertz CT molecular complexity index is 807. The molecule has 1 aliphatic carbocycles. The van der Waals surface area contributed by atoms with Gasteiger partial charge in [-0.15, -0.1) is 0 Å². The van der Waals surface area contributed by atoms with Crippen LogP contribution in [0.5, 0.6) is 0 Å². The molecule has 3 aromatic rings. The van der Waals surface area contributed by atoms with E-state index < -0.39 is 0 Å². The van der Waals surface area contributed by atoms with Crippen LogP contribution < -0.4 is 5.32 Å². The van der Waals surface area contributed by atoms with Gasteiger partial charge in [-0.1, -0.05) is 49.6 Å². The maximum absolute atomic E-state index is 4.69. The highest BCUT2D eigenvalue weighted by atomic mass is 14.9. The molecule has 1 saturated carbocycles. The topological polar surface area (TPSA) is 37.8 Å². The summed E-state index contributed by atoms with van der Waals surface area (Å²) in [4.78, 5) is 9.22. The maximum Gasteiger partial charge on any atom is 0.159 e. The molecule has 0 spiro atoms. The van der Waals surface area contributed by atoms with E-state index in [9.17, 15) is 0 Å². The van der Waals surface area contributed by atoms with Crippen LogP contribution in [-0.2, 0) is 0 Å². The van der Waals surface area contributed by atoms with Gasteiger partial charge in [0.25, 0.3) is 0 Å². The molecule has 0 bridgehead atoms. The monoisotopic (exact) mass is 303 g/mol. The first-order valence-corrected chi connectivity index (χ1v) is 8.47. The molecule has 1 heterocycles. The molecule has 3 nitrogen and oxygen atoms in total. The molecule has 1 aromatic heterocycles. The second-order valence-electron chi connectivity index (χ2n) is 6.31. The Morgan fingerprint density at radius 1 is 0.913 bits per heavy atom. The normalized spacial score (nSPS) is 15.7. The van der Waals surface area contributed by atoms with Crippen LogP contribution in [0.15, 0.2) is 54.7 Å². The molecule has 0 amide bonds. The van der Waals surface area contributed by atoms with Crippen molar-refractivity contribution in [3.63, 3.8) is 0 Å². The van der Waals surface area contributed by atoms with Crippen molar-refractivity contribution in [2.75, 3.05) is 5.32 Å². The quantitative estimate of drug-likeness (QED) is 0.736. The van der Waals surface area contributed by atoms with E-state index in [0.29, 0.717) is 6.04 Å². The first-order valence-electron chi connectivity index (χ1n) is 8.47. The van der Waals surface area contributed by atoms with Crippen molar-refractivity contribution in [2.45, 2.75) is 38.1 Å². The van der Waals surface area contributed by atoms with Gasteiger partial charge in [0.05, 0.1) is 5.52 Å². The number of anilines is 1. The Kier molecular flexibility index (Phi) is 3.93. The van der Waals surface area contributed by atoms with Gasteiger partial charge in [0.2, 0.25) is 0 Å². The molecular weight excluding hydrogens is 282 g/mol. The Labute approximate surface area is 136 Å². The van der Waals surface area contributed by atoms with E-state index in [2.05, 4.69) is 34.6 Å². The van der Waals surface area contributed by atoms with Gasteiger partial charge >= 0.3 is 0 Å². The van der Waals surface area contributed by atoms with E-state index in [1.54, 1.807) is 0 Å². The average molecular weight is 303 g/mol. The highest BCUT2D eigenvalue weighted by Gasteiger charge is 2.13. The predicted molar refractivity (Wildman–Crippen MR) is 95.5 cm³/mol. The third kappa shape index (κ3) is 3.19. The van der Waals surface area contributed by atoms with Crippen molar-refractivity contribution < 1.29 is 0 Å². The molecule has 0 radical (unpaired) electrons. The maximum atomic E-state index is 4.69. The predicted octanol–water partition coefficient (Wildman–Crippen LogP) is 5.04. The summed E-state index contributed by atoms with van der Waals surface area (Å²) in [7, 11) is 0. The summed E-state index contributed by atoms with van der Waals surface area (Å²) in [6, 6.07) is 17.2. The van der Waals surface area contributed by atoms with Crippen LogP contribution >= 0.6 is 0 Å². The van der Waals surface area contributed by atoms with Gasteiger partial charge in [-0.25, -0.2) is 9.97 Å². The summed E-state index contributed by atoms with van der Waals surface area (Å²) in [5.74, 6) is 0.788. The van der Waals surface area contributed by atoms with Gasteiger partial charge < -0.3 is 5.32 Å². The second kappa shape index (κ2) is 6.37. The molecule has 4 rings (SSSR count). The SMILES string of the molecule is c1cc(NC2CCCCC2)cc(-c2ncc3ccccc3n2)c1. The van der Waals surface area contributed by atoms with Gasteiger partial charge in [-0.2, -0.15) is 0 Å². The van der Waals surface area contributed by atoms with Gasteiger partial charge in [0.1, 0.15) is 0 Å². The molecule has 0 saturated heterocycles. The number of nitrogens with one attached hydrogen (secondary N) is 1. The van der Waals surface area contributed by atoms with Crippen molar-refractivity contribution in [3.8, 4) is 11.4 Å². The molecule has 3 heteroatoms. The molecule has 0 unspecified atom stereocenters. The van der Waals surface area contributed by atoms with E-state index in [-0.39, 0.29) is 0 Å². The van der Waals surface area contributed by atoms with E-state index in [1.807, 2.05) is 30.5 Å².